The van der Waals surface area contributed by atoms with Crippen molar-refractivity contribution in [3.63, 3.8) is 0 Å². The Labute approximate surface area is 170 Å². The molecule has 0 atom stereocenters. The van der Waals surface area contributed by atoms with Crippen LogP contribution in [0.4, 0.5) is 28.8 Å². The lowest BCUT2D eigenvalue weighted by Gasteiger charge is -2.21. The first-order valence-corrected chi connectivity index (χ1v) is 9.79. The van der Waals surface area contributed by atoms with Crippen LogP contribution in [-0.2, 0) is 0 Å². The lowest BCUT2D eigenvalue weighted by molar-refractivity contribution is 0.174. The lowest BCUT2D eigenvalue weighted by Crippen LogP contribution is -2.21. The molecule has 4 rings (SSSR count). The smallest absolute Gasteiger partial charge is 0.231 e. The van der Waals surface area contributed by atoms with Gasteiger partial charge in [-0.1, -0.05) is 0 Å². The monoisotopic (exact) mass is 391 g/mol. The summed E-state index contributed by atoms with van der Waals surface area (Å²) < 4.78 is 10.8. The van der Waals surface area contributed by atoms with Crippen LogP contribution in [0, 0.1) is 6.92 Å². The van der Waals surface area contributed by atoms with Gasteiger partial charge >= 0.3 is 0 Å². The van der Waals surface area contributed by atoms with Gasteiger partial charge in [0, 0.05) is 48.0 Å². The highest BCUT2D eigenvalue weighted by Gasteiger charge is 2.13. The minimum absolute atomic E-state index is 0.256. The van der Waals surface area contributed by atoms with E-state index in [2.05, 4.69) is 51.5 Å². The molecule has 7 nitrogen and oxygen atoms in total. The van der Waals surface area contributed by atoms with Gasteiger partial charge in [0.15, 0.2) is 11.5 Å². The van der Waals surface area contributed by atoms with E-state index in [1.54, 1.807) is 0 Å². The van der Waals surface area contributed by atoms with Crippen LogP contribution in [0.5, 0.6) is 11.5 Å². The first-order valence-electron chi connectivity index (χ1n) is 9.79. The number of ether oxygens (including phenoxy) is 2. The van der Waals surface area contributed by atoms with Crippen molar-refractivity contribution >= 4 is 28.8 Å². The zero-order chi connectivity index (χ0) is 20.2. The fourth-order valence-corrected chi connectivity index (χ4v) is 3.28. The van der Waals surface area contributed by atoms with Gasteiger partial charge in [0.2, 0.25) is 12.7 Å². The molecule has 0 unspecified atom stereocenters. The van der Waals surface area contributed by atoms with Crippen LogP contribution in [0.25, 0.3) is 0 Å². The summed E-state index contributed by atoms with van der Waals surface area (Å²) in [5.74, 6) is 2.74. The van der Waals surface area contributed by atoms with E-state index in [4.69, 9.17) is 9.47 Å². The highest BCUT2D eigenvalue weighted by Crippen LogP contribution is 2.35. The number of rotatable bonds is 7. The van der Waals surface area contributed by atoms with Gasteiger partial charge in [-0.25, -0.2) is 4.98 Å². The predicted octanol–water partition coefficient (Wildman–Crippen LogP) is 4.85. The van der Waals surface area contributed by atoms with Crippen LogP contribution in [0.1, 0.15) is 19.5 Å². The van der Waals surface area contributed by atoms with E-state index in [0.717, 1.165) is 41.7 Å². The van der Waals surface area contributed by atoms with Crippen molar-refractivity contribution in [2.24, 2.45) is 0 Å². The summed E-state index contributed by atoms with van der Waals surface area (Å²) in [5.41, 5.74) is 3.89. The highest BCUT2D eigenvalue weighted by atomic mass is 16.7. The van der Waals surface area contributed by atoms with Crippen molar-refractivity contribution in [2.45, 2.75) is 20.8 Å². The molecule has 7 heteroatoms. The number of aromatic nitrogens is 2. The molecule has 2 N–H and O–H groups in total. The van der Waals surface area contributed by atoms with E-state index in [1.165, 1.54) is 5.69 Å². The van der Waals surface area contributed by atoms with Gasteiger partial charge in [-0.3, -0.25) is 0 Å². The average Bonchev–Trinajstić information content (AvgIpc) is 3.17. The Hall–Kier alpha value is -3.48. The first-order chi connectivity index (χ1) is 14.1. The predicted molar refractivity (Wildman–Crippen MR) is 116 cm³/mol. The molecule has 0 spiro atoms. The van der Waals surface area contributed by atoms with Gasteiger partial charge in [0.1, 0.15) is 5.82 Å². The van der Waals surface area contributed by atoms with Crippen molar-refractivity contribution in [2.75, 3.05) is 35.4 Å². The molecule has 1 aliphatic rings. The van der Waals surface area contributed by atoms with E-state index in [9.17, 15) is 0 Å². The second kappa shape index (κ2) is 8.26. The van der Waals surface area contributed by atoms with Crippen LogP contribution < -0.4 is 25.0 Å². The fraction of sp³-hybridized carbons (Fsp3) is 0.273. The number of hydrogen-bond acceptors (Lipinski definition) is 7. The molecule has 0 saturated carbocycles. The number of aryl methyl sites for hydroxylation is 1. The third-order valence-corrected chi connectivity index (χ3v) is 4.75. The summed E-state index contributed by atoms with van der Waals surface area (Å²) in [5, 5.41) is 6.60. The van der Waals surface area contributed by atoms with Crippen molar-refractivity contribution in [1.82, 2.24) is 9.97 Å². The van der Waals surface area contributed by atoms with Crippen molar-refractivity contribution in [3.05, 3.63) is 54.2 Å². The molecule has 3 aromatic rings. The molecule has 0 saturated heterocycles. The summed E-state index contributed by atoms with van der Waals surface area (Å²) in [6, 6.07) is 15.9. The number of benzene rings is 2. The molecule has 0 bridgehead atoms. The molecule has 1 aromatic heterocycles. The van der Waals surface area contributed by atoms with Crippen LogP contribution in [0.2, 0.25) is 0 Å². The van der Waals surface area contributed by atoms with Gasteiger partial charge in [-0.05, 0) is 57.2 Å². The third-order valence-electron chi connectivity index (χ3n) is 4.75. The van der Waals surface area contributed by atoms with E-state index in [0.29, 0.717) is 11.8 Å². The Morgan fingerprint density at radius 3 is 2.34 bits per heavy atom. The summed E-state index contributed by atoms with van der Waals surface area (Å²) in [6.45, 7) is 8.49. The topological polar surface area (TPSA) is 71.5 Å². The zero-order valence-electron chi connectivity index (χ0n) is 16.9. The summed E-state index contributed by atoms with van der Waals surface area (Å²) in [6.07, 6.45) is 0. The van der Waals surface area contributed by atoms with Gasteiger partial charge < -0.3 is 25.0 Å². The molecular weight excluding hydrogens is 366 g/mol. The molecule has 150 valence electrons. The molecule has 0 fully saturated rings. The molecule has 0 aliphatic carbocycles. The first kappa shape index (κ1) is 18.9. The Morgan fingerprint density at radius 1 is 0.862 bits per heavy atom. The number of fused-ring (bicyclic) bond motifs is 1. The van der Waals surface area contributed by atoms with E-state index >= 15 is 0 Å². The molecule has 0 amide bonds. The third kappa shape index (κ3) is 4.34. The van der Waals surface area contributed by atoms with E-state index < -0.39 is 0 Å². The lowest BCUT2D eigenvalue weighted by atomic mass is 10.2. The van der Waals surface area contributed by atoms with Crippen molar-refractivity contribution in [3.8, 4) is 11.5 Å². The van der Waals surface area contributed by atoms with Crippen LogP contribution in [-0.4, -0.2) is 29.9 Å². The van der Waals surface area contributed by atoms with Crippen molar-refractivity contribution in [1.29, 1.82) is 0 Å². The standard InChI is InChI=1S/C22H25N5O2/c1-4-27(5-2)18-9-6-16(7-10-18)25-22-23-15(3)12-21(26-22)24-17-8-11-19-20(13-17)29-14-28-19/h6-13H,4-5,14H2,1-3H3,(H2,23,24,25,26). The van der Waals surface area contributed by atoms with E-state index in [-0.39, 0.29) is 6.79 Å². The zero-order valence-corrected chi connectivity index (χ0v) is 16.9. The van der Waals surface area contributed by atoms with Gasteiger partial charge in [-0.2, -0.15) is 4.98 Å². The maximum absolute atomic E-state index is 5.44. The maximum atomic E-state index is 5.44. The number of anilines is 5. The van der Waals surface area contributed by atoms with Gasteiger partial charge in [0.05, 0.1) is 0 Å². The quantitative estimate of drug-likeness (QED) is 0.597. The second-order valence-corrected chi connectivity index (χ2v) is 6.76. The SMILES string of the molecule is CCN(CC)c1ccc(Nc2nc(C)cc(Nc3ccc4c(c3)OCO4)n2)cc1. The minimum Gasteiger partial charge on any atom is -0.454 e. The average molecular weight is 391 g/mol. The van der Waals surface area contributed by atoms with Gasteiger partial charge in [0.25, 0.3) is 0 Å². The van der Waals surface area contributed by atoms with Crippen molar-refractivity contribution < 1.29 is 9.47 Å². The molecule has 2 heterocycles. The molecule has 1 aliphatic heterocycles. The molecule has 29 heavy (non-hydrogen) atoms. The highest BCUT2D eigenvalue weighted by molar-refractivity contribution is 5.64. The number of hydrogen-bond donors (Lipinski definition) is 2. The molecular formula is C22H25N5O2. The fourth-order valence-electron chi connectivity index (χ4n) is 3.28. The maximum Gasteiger partial charge on any atom is 0.231 e. The van der Waals surface area contributed by atoms with E-state index in [1.807, 2.05) is 43.3 Å². The summed E-state index contributed by atoms with van der Waals surface area (Å²) in [4.78, 5) is 11.4. The Kier molecular flexibility index (Phi) is 5.37. The molecule has 2 aromatic carbocycles. The van der Waals surface area contributed by atoms with Gasteiger partial charge in [-0.15, -0.1) is 0 Å². The summed E-state index contributed by atoms with van der Waals surface area (Å²) in [7, 11) is 0. The Bertz CT molecular complexity index is 987. The van der Waals surface area contributed by atoms with Crippen LogP contribution >= 0.6 is 0 Å². The largest absolute Gasteiger partial charge is 0.454 e. The van der Waals surface area contributed by atoms with Crippen LogP contribution in [0.15, 0.2) is 48.5 Å². The Balaban J connectivity index is 1.49. The minimum atomic E-state index is 0.256. The second-order valence-electron chi connectivity index (χ2n) is 6.76. The number of nitrogens with one attached hydrogen (secondary N) is 2. The molecule has 0 radical (unpaired) electrons. The number of nitrogens with zero attached hydrogens (tertiary/aromatic N) is 3. The normalized spacial score (nSPS) is 12.0. The Morgan fingerprint density at radius 2 is 1.59 bits per heavy atom. The summed E-state index contributed by atoms with van der Waals surface area (Å²) >= 11 is 0. The van der Waals surface area contributed by atoms with Crippen LogP contribution in [0.3, 0.4) is 0 Å².